The molecule has 124 valence electrons. The van der Waals surface area contributed by atoms with Gasteiger partial charge in [0.05, 0.1) is 12.2 Å². The molecule has 0 amide bonds. The zero-order chi connectivity index (χ0) is 17.1. The minimum Gasteiger partial charge on any atom is -0.492 e. The van der Waals surface area contributed by atoms with E-state index in [2.05, 4.69) is 12.1 Å². The highest BCUT2D eigenvalue weighted by Crippen LogP contribution is 2.41. The molecule has 0 fully saturated rings. The molecule has 1 aliphatic heterocycles. The Hall–Kier alpha value is -2.42. The van der Waals surface area contributed by atoms with E-state index in [-0.39, 0.29) is 17.5 Å². The van der Waals surface area contributed by atoms with Crippen LogP contribution < -0.4 is 4.74 Å². The summed E-state index contributed by atoms with van der Waals surface area (Å²) in [5.41, 5.74) is 3.28. The normalized spacial score (nSPS) is 15.7. The van der Waals surface area contributed by atoms with Gasteiger partial charge in [-0.2, -0.15) is 0 Å². The van der Waals surface area contributed by atoms with E-state index < -0.39 is 0 Å². The molecule has 3 nitrogen and oxygen atoms in total. The Bertz CT molecular complexity index is 762. The largest absolute Gasteiger partial charge is 0.492 e. The Morgan fingerprint density at radius 3 is 2.50 bits per heavy atom. The van der Waals surface area contributed by atoms with Gasteiger partial charge in [-0.3, -0.25) is 9.59 Å². The lowest BCUT2D eigenvalue weighted by molar-refractivity contribution is 0.0981. The van der Waals surface area contributed by atoms with Crippen LogP contribution in [-0.2, 0) is 0 Å². The monoisotopic (exact) mass is 322 g/mol. The minimum absolute atomic E-state index is 0.0195. The van der Waals surface area contributed by atoms with Crippen LogP contribution >= 0.6 is 0 Å². The number of rotatable bonds is 6. The molecular formula is C21H22O3. The number of carbonyl (C=O) groups is 2. The van der Waals surface area contributed by atoms with Crippen LogP contribution in [0.2, 0.25) is 0 Å². The van der Waals surface area contributed by atoms with E-state index in [0.29, 0.717) is 36.3 Å². The first-order valence-corrected chi connectivity index (χ1v) is 8.57. The molecule has 0 aliphatic carbocycles. The molecule has 2 aromatic carbocycles. The Morgan fingerprint density at radius 1 is 1.08 bits per heavy atom. The Morgan fingerprint density at radius 2 is 1.83 bits per heavy atom. The van der Waals surface area contributed by atoms with E-state index in [4.69, 9.17) is 4.74 Å². The average molecular weight is 322 g/mol. The quantitative estimate of drug-likeness (QED) is 0.718. The molecule has 2 aromatic rings. The van der Waals surface area contributed by atoms with Crippen LogP contribution in [0.3, 0.4) is 0 Å². The number of fused-ring (bicyclic) bond motifs is 1. The van der Waals surface area contributed by atoms with Gasteiger partial charge in [0.2, 0.25) is 0 Å². The fourth-order valence-corrected chi connectivity index (χ4v) is 3.22. The molecule has 1 aliphatic rings. The molecule has 1 unspecified atom stereocenters. The van der Waals surface area contributed by atoms with Gasteiger partial charge >= 0.3 is 0 Å². The standard InChI is InChI=1S/C21H22O3/c1-3-8-20(23)15-11-16-18(14-9-6-5-7-10-14)13-24-21(16)17(12-15)19(22)4-2/h5-7,9-12,18H,3-4,8,13H2,1-2H3. The van der Waals surface area contributed by atoms with Crippen molar-refractivity contribution in [1.82, 2.24) is 0 Å². The molecule has 0 bridgehead atoms. The second kappa shape index (κ2) is 7.00. The SMILES string of the molecule is CCCC(=O)c1cc(C(=O)CC)c2c(c1)C(c1ccccc1)CO2. The van der Waals surface area contributed by atoms with Crippen LogP contribution in [0, 0.1) is 0 Å². The summed E-state index contributed by atoms with van der Waals surface area (Å²) in [6.07, 6.45) is 1.69. The van der Waals surface area contributed by atoms with Crippen LogP contribution in [0.25, 0.3) is 0 Å². The molecular weight excluding hydrogens is 300 g/mol. The molecule has 1 atom stereocenters. The average Bonchev–Trinajstić information content (AvgIpc) is 3.05. The van der Waals surface area contributed by atoms with Gasteiger partial charge < -0.3 is 4.74 Å². The highest BCUT2D eigenvalue weighted by molar-refractivity contribution is 6.04. The van der Waals surface area contributed by atoms with Crippen molar-refractivity contribution in [3.05, 3.63) is 64.7 Å². The first-order chi connectivity index (χ1) is 11.7. The Kier molecular flexibility index (Phi) is 4.79. The fraction of sp³-hybridized carbons (Fsp3) is 0.333. The maximum absolute atomic E-state index is 12.4. The number of ether oxygens (including phenoxy) is 1. The third-order valence-corrected chi connectivity index (χ3v) is 4.51. The third kappa shape index (κ3) is 2.99. The maximum Gasteiger partial charge on any atom is 0.166 e. The molecule has 24 heavy (non-hydrogen) atoms. The Balaban J connectivity index is 2.11. The van der Waals surface area contributed by atoms with Gasteiger partial charge in [0.15, 0.2) is 11.6 Å². The van der Waals surface area contributed by atoms with Crippen LogP contribution in [0.15, 0.2) is 42.5 Å². The van der Waals surface area contributed by atoms with Crippen molar-refractivity contribution in [1.29, 1.82) is 0 Å². The van der Waals surface area contributed by atoms with Gasteiger partial charge in [0, 0.05) is 29.9 Å². The van der Waals surface area contributed by atoms with Gasteiger partial charge in [-0.05, 0) is 24.1 Å². The smallest absolute Gasteiger partial charge is 0.166 e. The van der Waals surface area contributed by atoms with E-state index in [1.807, 2.05) is 38.1 Å². The zero-order valence-corrected chi connectivity index (χ0v) is 14.2. The van der Waals surface area contributed by atoms with Gasteiger partial charge in [0.25, 0.3) is 0 Å². The van der Waals surface area contributed by atoms with Crippen molar-refractivity contribution in [3.8, 4) is 5.75 Å². The molecule has 3 rings (SSSR count). The third-order valence-electron chi connectivity index (χ3n) is 4.51. The number of hydrogen-bond donors (Lipinski definition) is 0. The van der Waals surface area contributed by atoms with Crippen molar-refractivity contribution in [3.63, 3.8) is 0 Å². The summed E-state index contributed by atoms with van der Waals surface area (Å²) in [5.74, 6) is 0.831. The summed E-state index contributed by atoms with van der Waals surface area (Å²) in [4.78, 5) is 24.8. The van der Waals surface area contributed by atoms with Crippen molar-refractivity contribution >= 4 is 11.6 Å². The van der Waals surface area contributed by atoms with Crippen LogP contribution in [-0.4, -0.2) is 18.2 Å². The molecule has 1 heterocycles. The second-order valence-corrected chi connectivity index (χ2v) is 6.17. The van der Waals surface area contributed by atoms with Crippen molar-refractivity contribution < 1.29 is 14.3 Å². The van der Waals surface area contributed by atoms with Gasteiger partial charge in [-0.1, -0.05) is 44.2 Å². The first-order valence-electron chi connectivity index (χ1n) is 8.57. The lowest BCUT2D eigenvalue weighted by Gasteiger charge is -2.12. The van der Waals surface area contributed by atoms with Gasteiger partial charge in [-0.15, -0.1) is 0 Å². The summed E-state index contributed by atoms with van der Waals surface area (Å²) in [7, 11) is 0. The molecule has 3 heteroatoms. The van der Waals surface area contributed by atoms with E-state index in [1.54, 1.807) is 6.07 Å². The van der Waals surface area contributed by atoms with E-state index in [0.717, 1.165) is 17.5 Å². The number of hydrogen-bond acceptors (Lipinski definition) is 3. The van der Waals surface area contributed by atoms with Crippen LogP contribution in [0.1, 0.15) is 70.9 Å². The summed E-state index contributed by atoms with van der Waals surface area (Å²) in [5, 5.41) is 0. The molecule has 0 aromatic heterocycles. The van der Waals surface area contributed by atoms with Crippen molar-refractivity contribution in [2.75, 3.05) is 6.61 Å². The summed E-state index contributed by atoms with van der Waals surface area (Å²) >= 11 is 0. The van der Waals surface area contributed by atoms with Crippen LogP contribution in [0.5, 0.6) is 5.75 Å². The number of ketones is 2. The zero-order valence-electron chi connectivity index (χ0n) is 14.2. The molecule has 0 spiro atoms. The highest BCUT2D eigenvalue weighted by Gasteiger charge is 2.31. The van der Waals surface area contributed by atoms with E-state index >= 15 is 0 Å². The van der Waals surface area contributed by atoms with Crippen molar-refractivity contribution in [2.45, 2.75) is 39.0 Å². The molecule has 0 radical (unpaired) electrons. The minimum atomic E-state index is 0.0195. The Labute approximate surface area is 142 Å². The van der Waals surface area contributed by atoms with Gasteiger partial charge in [0.1, 0.15) is 5.75 Å². The lowest BCUT2D eigenvalue weighted by Crippen LogP contribution is -2.06. The summed E-state index contributed by atoms with van der Waals surface area (Å²) < 4.78 is 5.88. The molecule has 0 N–H and O–H groups in total. The fourth-order valence-electron chi connectivity index (χ4n) is 3.22. The van der Waals surface area contributed by atoms with Crippen LogP contribution in [0.4, 0.5) is 0 Å². The predicted octanol–water partition coefficient (Wildman–Crippen LogP) is 4.79. The van der Waals surface area contributed by atoms with Crippen molar-refractivity contribution in [2.24, 2.45) is 0 Å². The second-order valence-electron chi connectivity index (χ2n) is 6.17. The predicted molar refractivity (Wildman–Crippen MR) is 94.1 cm³/mol. The first kappa shape index (κ1) is 16.4. The lowest BCUT2D eigenvalue weighted by atomic mass is 9.88. The molecule has 0 saturated heterocycles. The van der Waals surface area contributed by atoms with E-state index in [1.165, 1.54) is 0 Å². The highest BCUT2D eigenvalue weighted by atomic mass is 16.5. The summed E-state index contributed by atoms with van der Waals surface area (Å²) in [6.45, 7) is 4.33. The summed E-state index contributed by atoms with van der Waals surface area (Å²) in [6, 6.07) is 13.7. The number of carbonyl (C=O) groups excluding carboxylic acids is 2. The van der Waals surface area contributed by atoms with Gasteiger partial charge in [-0.25, -0.2) is 0 Å². The molecule has 0 saturated carbocycles. The number of benzene rings is 2. The topological polar surface area (TPSA) is 43.4 Å². The number of Topliss-reactive ketones (excluding diaryl/α,β-unsaturated/α-hetero) is 2. The maximum atomic E-state index is 12.4. The van der Waals surface area contributed by atoms with E-state index in [9.17, 15) is 9.59 Å².